The van der Waals surface area contributed by atoms with Crippen molar-refractivity contribution in [2.75, 3.05) is 25.6 Å². The number of nitro groups is 1. The molecule has 0 aromatic heterocycles. The number of primary sulfonamides is 1. The molecule has 0 amide bonds. The number of anilines is 1. The minimum Gasteiger partial charge on any atom is -0.478 e. The molecule has 10 nitrogen and oxygen atoms in total. The van der Waals surface area contributed by atoms with Gasteiger partial charge in [-0.15, -0.1) is 0 Å². The lowest BCUT2D eigenvalue weighted by molar-refractivity contribution is -0.384. The van der Waals surface area contributed by atoms with Gasteiger partial charge in [0.05, 0.1) is 17.1 Å². The van der Waals surface area contributed by atoms with Crippen molar-refractivity contribution in [1.82, 2.24) is 0 Å². The number of nitrogens with one attached hydrogen (secondary N) is 1. The zero-order valence-corrected chi connectivity index (χ0v) is 11.7. The summed E-state index contributed by atoms with van der Waals surface area (Å²) in [5, 5.41) is 27.4. The zero-order chi connectivity index (χ0) is 16.2. The third-order valence-electron chi connectivity index (χ3n) is 2.44. The number of carboxylic acids is 1. The van der Waals surface area contributed by atoms with E-state index < -0.39 is 37.1 Å². The van der Waals surface area contributed by atoms with E-state index in [9.17, 15) is 23.3 Å². The van der Waals surface area contributed by atoms with Gasteiger partial charge in [-0.3, -0.25) is 10.1 Å². The Morgan fingerprint density at radius 3 is 2.57 bits per heavy atom. The van der Waals surface area contributed by atoms with E-state index in [4.69, 9.17) is 15.0 Å². The number of sulfonamides is 1. The Balaban J connectivity index is 3.55. The van der Waals surface area contributed by atoms with Crippen LogP contribution >= 0.6 is 0 Å². The van der Waals surface area contributed by atoms with Gasteiger partial charge >= 0.3 is 5.97 Å². The van der Waals surface area contributed by atoms with Gasteiger partial charge in [-0.1, -0.05) is 0 Å². The summed E-state index contributed by atoms with van der Waals surface area (Å²) < 4.78 is 27.8. The van der Waals surface area contributed by atoms with Gasteiger partial charge in [-0.2, -0.15) is 0 Å². The van der Waals surface area contributed by atoms with Gasteiger partial charge in [0, 0.05) is 19.7 Å². The van der Waals surface area contributed by atoms with Gasteiger partial charge in [0.15, 0.2) is 0 Å². The smallest absolute Gasteiger partial charge is 0.335 e. The predicted octanol–water partition coefficient (Wildman–Crippen LogP) is -0.00130. The first-order chi connectivity index (χ1) is 9.68. The van der Waals surface area contributed by atoms with Crippen molar-refractivity contribution in [3.63, 3.8) is 0 Å². The molecule has 0 bridgehead atoms. The summed E-state index contributed by atoms with van der Waals surface area (Å²) in [5.74, 6) is -1.51. The lowest BCUT2D eigenvalue weighted by Gasteiger charge is -2.11. The number of nitro benzene ring substituents is 1. The lowest BCUT2D eigenvalue weighted by atomic mass is 10.1. The van der Waals surface area contributed by atoms with Crippen LogP contribution in [0, 0.1) is 10.1 Å². The number of aromatic carboxylic acids is 1. The molecule has 0 atom stereocenters. The fourth-order valence-electron chi connectivity index (χ4n) is 1.55. The van der Waals surface area contributed by atoms with Crippen LogP contribution in [-0.2, 0) is 14.8 Å². The first kappa shape index (κ1) is 16.8. The molecule has 11 heteroatoms. The zero-order valence-electron chi connectivity index (χ0n) is 10.9. The molecular weight excluding hydrogens is 306 g/mol. The molecule has 0 radical (unpaired) electrons. The molecule has 0 unspecified atom stereocenters. The number of rotatable bonds is 7. The summed E-state index contributed by atoms with van der Waals surface area (Å²) in [5.41, 5.74) is -1.62. The Kier molecular flexibility index (Phi) is 5.18. The van der Waals surface area contributed by atoms with Crippen molar-refractivity contribution in [2.24, 2.45) is 5.14 Å². The highest BCUT2D eigenvalue weighted by Gasteiger charge is 2.27. The summed E-state index contributed by atoms with van der Waals surface area (Å²) in [7, 11) is -2.96. The second-order valence-corrected chi connectivity index (χ2v) is 5.43. The van der Waals surface area contributed by atoms with E-state index in [-0.39, 0.29) is 18.8 Å². The van der Waals surface area contributed by atoms with Crippen LogP contribution in [0.5, 0.6) is 0 Å². The number of methoxy groups -OCH3 is 1. The monoisotopic (exact) mass is 319 g/mol. The molecule has 0 aliphatic carbocycles. The molecule has 0 heterocycles. The summed E-state index contributed by atoms with van der Waals surface area (Å²) >= 11 is 0. The van der Waals surface area contributed by atoms with E-state index in [1.165, 1.54) is 7.11 Å². The topological polar surface area (TPSA) is 162 Å². The Morgan fingerprint density at radius 2 is 2.14 bits per heavy atom. The quantitative estimate of drug-likeness (QED) is 0.359. The molecule has 1 aromatic carbocycles. The molecule has 0 fully saturated rings. The second kappa shape index (κ2) is 6.47. The van der Waals surface area contributed by atoms with E-state index in [0.717, 1.165) is 12.1 Å². The normalized spacial score (nSPS) is 11.1. The van der Waals surface area contributed by atoms with Crippen LogP contribution in [0.25, 0.3) is 0 Å². The Morgan fingerprint density at radius 1 is 1.52 bits per heavy atom. The van der Waals surface area contributed by atoms with Crippen molar-refractivity contribution in [3.8, 4) is 0 Å². The van der Waals surface area contributed by atoms with Gasteiger partial charge in [-0.25, -0.2) is 18.4 Å². The number of nitrogens with two attached hydrogens (primary N) is 1. The fraction of sp³-hybridized carbons (Fsp3) is 0.300. The average molecular weight is 319 g/mol. The highest BCUT2D eigenvalue weighted by molar-refractivity contribution is 7.89. The number of benzene rings is 1. The van der Waals surface area contributed by atoms with Gasteiger partial charge in [0.25, 0.3) is 5.69 Å². The van der Waals surface area contributed by atoms with Gasteiger partial charge in [0.2, 0.25) is 10.0 Å². The minimum absolute atomic E-state index is 0.0757. The van der Waals surface area contributed by atoms with Crippen LogP contribution in [0.2, 0.25) is 0 Å². The number of carboxylic acid groups (broad SMARTS) is 1. The second-order valence-electron chi connectivity index (χ2n) is 3.90. The fourth-order valence-corrected chi connectivity index (χ4v) is 2.30. The molecular formula is C10H13N3O7S. The molecule has 4 N–H and O–H groups in total. The van der Waals surface area contributed by atoms with Crippen LogP contribution in [0.1, 0.15) is 10.4 Å². The molecule has 0 aliphatic heterocycles. The third kappa shape index (κ3) is 4.11. The first-order valence-corrected chi connectivity index (χ1v) is 7.04. The highest BCUT2D eigenvalue weighted by Crippen LogP contribution is 2.32. The van der Waals surface area contributed by atoms with Crippen molar-refractivity contribution < 1.29 is 28.0 Å². The number of nitrogens with zero attached hydrogens (tertiary/aromatic N) is 1. The largest absolute Gasteiger partial charge is 0.478 e. The molecule has 0 aliphatic rings. The average Bonchev–Trinajstić information content (AvgIpc) is 2.37. The van der Waals surface area contributed by atoms with Gasteiger partial charge in [-0.05, 0) is 6.07 Å². The number of hydrogen-bond acceptors (Lipinski definition) is 7. The summed E-state index contributed by atoms with van der Waals surface area (Å²) in [6.45, 7) is 0.230. The molecule has 1 rings (SSSR count). The van der Waals surface area contributed by atoms with E-state index in [0.29, 0.717) is 0 Å². The highest BCUT2D eigenvalue weighted by atomic mass is 32.2. The van der Waals surface area contributed by atoms with Crippen LogP contribution in [-0.4, -0.2) is 44.7 Å². The SMILES string of the molecule is COCCNc1c([N+](=O)[O-])cc(C(=O)O)cc1S(N)(=O)=O. The number of hydrogen-bond donors (Lipinski definition) is 3. The van der Waals surface area contributed by atoms with Crippen molar-refractivity contribution in [1.29, 1.82) is 0 Å². The van der Waals surface area contributed by atoms with E-state index >= 15 is 0 Å². The summed E-state index contributed by atoms with van der Waals surface area (Å²) in [6, 6.07) is 1.52. The van der Waals surface area contributed by atoms with E-state index in [2.05, 4.69) is 5.32 Å². The number of ether oxygens (including phenoxy) is 1. The lowest BCUT2D eigenvalue weighted by Crippen LogP contribution is -2.19. The maximum atomic E-state index is 11.5. The molecule has 21 heavy (non-hydrogen) atoms. The van der Waals surface area contributed by atoms with Crippen LogP contribution < -0.4 is 10.5 Å². The van der Waals surface area contributed by atoms with Crippen LogP contribution in [0.15, 0.2) is 17.0 Å². The maximum absolute atomic E-state index is 11.5. The standard InChI is InChI=1S/C10H13N3O7S/c1-20-3-2-12-9-7(13(16)17)4-6(10(14)15)5-8(9)21(11,18)19/h4-5,12H,2-3H2,1H3,(H,14,15)(H2,11,18,19). The van der Waals surface area contributed by atoms with Crippen LogP contribution in [0.4, 0.5) is 11.4 Å². The molecule has 0 saturated heterocycles. The summed E-state index contributed by atoms with van der Waals surface area (Å²) in [6.07, 6.45) is 0. The van der Waals surface area contributed by atoms with E-state index in [1.54, 1.807) is 0 Å². The number of carbonyl (C=O) groups is 1. The van der Waals surface area contributed by atoms with Crippen molar-refractivity contribution in [3.05, 3.63) is 27.8 Å². The predicted molar refractivity (Wildman–Crippen MR) is 71.8 cm³/mol. The molecule has 0 saturated carbocycles. The first-order valence-electron chi connectivity index (χ1n) is 5.49. The van der Waals surface area contributed by atoms with Crippen LogP contribution in [0.3, 0.4) is 0 Å². The molecule has 0 spiro atoms. The minimum atomic E-state index is -4.35. The molecule has 116 valence electrons. The van der Waals surface area contributed by atoms with Crippen molar-refractivity contribution in [2.45, 2.75) is 4.90 Å². The summed E-state index contributed by atoms with van der Waals surface area (Å²) in [4.78, 5) is 20.4. The van der Waals surface area contributed by atoms with Gasteiger partial charge in [0.1, 0.15) is 10.6 Å². The van der Waals surface area contributed by atoms with Gasteiger partial charge < -0.3 is 15.2 Å². The van der Waals surface area contributed by atoms with Crippen molar-refractivity contribution >= 4 is 27.4 Å². The Hall–Kier alpha value is -2.24. The third-order valence-corrected chi connectivity index (χ3v) is 3.37. The molecule has 1 aromatic rings. The Labute approximate surface area is 119 Å². The Bertz CT molecular complexity index is 671. The maximum Gasteiger partial charge on any atom is 0.335 e. The van der Waals surface area contributed by atoms with E-state index in [1.807, 2.05) is 0 Å².